The predicted molar refractivity (Wildman–Crippen MR) is 122 cm³/mol. The molecule has 0 bridgehead atoms. The summed E-state index contributed by atoms with van der Waals surface area (Å²) in [5.41, 5.74) is 3.47. The van der Waals surface area contributed by atoms with Gasteiger partial charge < -0.3 is 19.4 Å². The van der Waals surface area contributed by atoms with Crippen LogP contribution in [0.5, 0.6) is 0 Å². The average molecular weight is 428 g/mol. The molecule has 3 heterocycles. The first kappa shape index (κ1) is 20.2. The van der Waals surface area contributed by atoms with Crippen LogP contribution < -0.4 is 5.32 Å². The summed E-state index contributed by atoms with van der Waals surface area (Å²) in [6.07, 6.45) is 5.88. The summed E-state index contributed by atoms with van der Waals surface area (Å²) in [4.78, 5) is 23.5. The molecule has 162 valence electrons. The van der Waals surface area contributed by atoms with Crippen LogP contribution in [-0.2, 0) is 11.2 Å². The van der Waals surface area contributed by atoms with E-state index in [1.807, 2.05) is 35.2 Å². The Bertz CT molecular complexity index is 1210. The van der Waals surface area contributed by atoms with Gasteiger partial charge in [-0.15, -0.1) is 0 Å². The number of hydrogen-bond donors (Lipinski definition) is 1. The number of aromatic nitrogens is 2. The van der Waals surface area contributed by atoms with Crippen molar-refractivity contribution in [2.24, 2.45) is 5.92 Å². The first-order chi connectivity index (χ1) is 15.7. The van der Waals surface area contributed by atoms with Crippen LogP contribution in [0.15, 0.2) is 77.7 Å². The zero-order valence-corrected chi connectivity index (χ0v) is 17.6. The molecular formula is C25H24N4O3. The molecule has 1 fully saturated rings. The number of hydrogen-bond acceptors (Lipinski definition) is 6. The van der Waals surface area contributed by atoms with E-state index >= 15 is 0 Å². The third kappa shape index (κ3) is 4.63. The van der Waals surface area contributed by atoms with Gasteiger partial charge in [0.1, 0.15) is 5.58 Å². The Morgan fingerprint density at radius 3 is 2.91 bits per heavy atom. The van der Waals surface area contributed by atoms with Crippen LogP contribution in [0, 0.1) is 5.92 Å². The van der Waals surface area contributed by atoms with Gasteiger partial charge in [0.25, 0.3) is 5.91 Å². The molecule has 1 aliphatic rings. The summed E-state index contributed by atoms with van der Waals surface area (Å²) >= 11 is 0. The highest BCUT2D eigenvalue weighted by molar-refractivity contribution is 5.95. The number of amides is 1. The molecule has 1 N–H and O–H groups in total. The Labute approximate surface area is 186 Å². The number of furan rings is 1. The second kappa shape index (κ2) is 9.20. The molecule has 1 aliphatic heterocycles. The van der Waals surface area contributed by atoms with Gasteiger partial charge >= 0.3 is 0 Å². The van der Waals surface area contributed by atoms with Crippen molar-refractivity contribution in [1.29, 1.82) is 0 Å². The molecule has 7 nitrogen and oxygen atoms in total. The van der Waals surface area contributed by atoms with Crippen molar-refractivity contribution in [2.45, 2.75) is 6.42 Å². The van der Waals surface area contributed by atoms with E-state index in [4.69, 9.17) is 9.15 Å². The van der Waals surface area contributed by atoms with Crippen LogP contribution in [0.3, 0.4) is 0 Å². The van der Waals surface area contributed by atoms with Gasteiger partial charge in [-0.2, -0.15) is 0 Å². The zero-order chi connectivity index (χ0) is 21.8. The number of carbonyl (C=O) groups is 1. The molecule has 32 heavy (non-hydrogen) atoms. The smallest absolute Gasteiger partial charge is 0.254 e. The molecule has 0 spiro atoms. The molecule has 5 rings (SSSR count). The largest absolute Gasteiger partial charge is 0.464 e. The first-order valence-corrected chi connectivity index (χ1v) is 10.7. The average Bonchev–Trinajstić information content (AvgIpc) is 3.17. The van der Waals surface area contributed by atoms with Crippen LogP contribution in [0.2, 0.25) is 0 Å². The minimum atomic E-state index is -0.000355. The summed E-state index contributed by atoms with van der Waals surface area (Å²) in [7, 11) is 0. The quantitative estimate of drug-likeness (QED) is 0.511. The van der Waals surface area contributed by atoms with E-state index in [2.05, 4.69) is 33.5 Å². The number of fused-ring (bicyclic) bond motifs is 1. The fraction of sp³-hybridized carbons (Fsp3) is 0.240. The normalized spacial score (nSPS) is 16.6. The molecule has 1 unspecified atom stereocenters. The van der Waals surface area contributed by atoms with Gasteiger partial charge in [0.15, 0.2) is 0 Å². The third-order valence-corrected chi connectivity index (χ3v) is 5.60. The molecule has 4 aromatic rings. The van der Waals surface area contributed by atoms with Gasteiger partial charge in [0.05, 0.1) is 19.5 Å². The molecule has 0 radical (unpaired) electrons. The number of benzene rings is 2. The number of carbonyl (C=O) groups excluding carboxylic acids is 1. The maximum atomic E-state index is 13.3. The van der Waals surface area contributed by atoms with Crippen LogP contribution in [0.1, 0.15) is 15.9 Å². The van der Waals surface area contributed by atoms with E-state index in [9.17, 15) is 4.79 Å². The molecule has 1 saturated heterocycles. The number of rotatable bonds is 5. The van der Waals surface area contributed by atoms with Crippen molar-refractivity contribution in [3.63, 3.8) is 0 Å². The SMILES string of the molecule is O=C(c1cccc(Nc2ncccn2)c1)N1CCOCC(Cc2ccc3ccoc3c2)C1. The molecule has 0 aliphatic carbocycles. The molecule has 7 heteroatoms. The summed E-state index contributed by atoms with van der Waals surface area (Å²) < 4.78 is 11.4. The van der Waals surface area contributed by atoms with Gasteiger partial charge in [-0.3, -0.25) is 4.79 Å². The summed E-state index contributed by atoms with van der Waals surface area (Å²) in [6, 6.07) is 17.4. The molecule has 2 aromatic carbocycles. The van der Waals surface area contributed by atoms with Crippen LogP contribution in [0.4, 0.5) is 11.6 Å². The highest BCUT2D eigenvalue weighted by atomic mass is 16.5. The second-order valence-electron chi connectivity index (χ2n) is 7.97. The second-order valence-corrected chi connectivity index (χ2v) is 7.97. The van der Waals surface area contributed by atoms with E-state index in [0.717, 1.165) is 23.1 Å². The van der Waals surface area contributed by atoms with Crippen molar-refractivity contribution in [1.82, 2.24) is 14.9 Å². The maximum absolute atomic E-state index is 13.3. The van der Waals surface area contributed by atoms with Gasteiger partial charge in [-0.1, -0.05) is 18.2 Å². The summed E-state index contributed by atoms with van der Waals surface area (Å²) in [5.74, 6) is 0.710. The first-order valence-electron chi connectivity index (χ1n) is 10.7. The molecule has 2 aromatic heterocycles. The lowest BCUT2D eigenvalue weighted by Crippen LogP contribution is -2.36. The number of ether oxygens (including phenoxy) is 1. The van der Waals surface area contributed by atoms with E-state index in [0.29, 0.717) is 37.8 Å². The van der Waals surface area contributed by atoms with Crippen LogP contribution in [-0.4, -0.2) is 47.1 Å². The van der Waals surface area contributed by atoms with Crippen LogP contribution >= 0.6 is 0 Å². The molecule has 0 saturated carbocycles. The highest BCUT2D eigenvalue weighted by Crippen LogP contribution is 2.22. The zero-order valence-electron chi connectivity index (χ0n) is 17.6. The standard InChI is InChI=1S/C25H24N4O3/c30-24(21-3-1-4-22(15-21)28-25-26-8-2-9-27-25)29-10-12-31-17-19(16-29)13-18-5-6-20-7-11-32-23(20)14-18/h1-9,11,14-15,19H,10,12-13,16-17H2,(H,26,27,28). The van der Waals surface area contributed by atoms with Crippen molar-refractivity contribution in [2.75, 3.05) is 31.6 Å². The fourth-order valence-electron chi connectivity index (χ4n) is 4.05. The van der Waals surface area contributed by atoms with Gasteiger partial charge in [-0.05, 0) is 48.4 Å². The molecule has 1 atom stereocenters. The lowest BCUT2D eigenvalue weighted by Gasteiger charge is -2.24. The third-order valence-electron chi connectivity index (χ3n) is 5.60. The monoisotopic (exact) mass is 428 g/mol. The Morgan fingerprint density at radius 1 is 1.09 bits per heavy atom. The summed E-state index contributed by atoms with van der Waals surface area (Å²) in [5, 5.41) is 4.24. The highest BCUT2D eigenvalue weighted by Gasteiger charge is 2.24. The van der Waals surface area contributed by atoms with Gasteiger partial charge in [0, 0.05) is 48.0 Å². The van der Waals surface area contributed by atoms with E-state index in [-0.39, 0.29) is 11.8 Å². The van der Waals surface area contributed by atoms with Crippen LogP contribution in [0.25, 0.3) is 11.0 Å². The predicted octanol–water partition coefficient (Wildman–Crippen LogP) is 4.30. The Kier molecular flexibility index (Phi) is 5.81. The topological polar surface area (TPSA) is 80.5 Å². The Morgan fingerprint density at radius 2 is 2.00 bits per heavy atom. The van der Waals surface area contributed by atoms with E-state index in [1.165, 1.54) is 5.56 Å². The van der Waals surface area contributed by atoms with Crippen molar-refractivity contribution >= 4 is 28.5 Å². The Balaban J connectivity index is 1.29. The fourth-order valence-corrected chi connectivity index (χ4v) is 4.05. The Hall–Kier alpha value is -3.71. The van der Waals surface area contributed by atoms with E-state index in [1.54, 1.807) is 24.7 Å². The lowest BCUT2D eigenvalue weighted by atomic mass is 9.98. The van der Waals surface area contributed by atoms with Gasteiger partial charge in [0.2, 0.25) is 5.95 Å². The number of anilines is 2. The lowest BCUT2D eigenvalue weighted by molar-refractivity contribution is 0.0737. The summed E-state index contributed by atoms with van der Waals surface area (Å²) in [6.45, 7) is 2.39. The van der Waals surface area contributed by atoms with Crippen molar-refractivity contribution < 1.29 is 13.9 Å². The van der Waals surface area contributed by atoms with E-state index < -0.39 is 0 Å². The number of nitrogens with zero attached hydrogens (tertiary/aromatic N) is 3. The minimum Gasteiger partial charge on any atom is -0.464 e. The minimum absolute atomic E-state index is 0.000355. The maximum Gasteiger partial charge on any atom is 0.254 e. The molecular weight excluding hydrogens is 404 g/mol. The van der Waals surface area contributed by atoms with Gasteiger partial charge in [-0.25, -0.2) is 9.97 Å². The molecule has 1 amide bonds. The van der Waals surface area contributed by atoms with Crippen molar-refractivity contribution in [3.8, 4) is 0 Å². The van der Waals surface area contributed by atoms with Crippen molar-refractivity contribution in [3.05, 3.63) is 84.4 Å². The number of nitrogens with one attached hydrogen (secondary N) is 1.